The van der Waals surface area contributed by atoms with Gasteiger partial charge in [-0.15, -0.1) is 0 Å². The topological polar surface area (TPSA) is 64.6 Å². The summed E-state index contributed by atoms with van der Waals surface area (Å²) in [7, 11) is 1.46. The quantitative estimate of drug-likeness (QED) is 0.720. The molecule has 0 radical (unpaired) electrons. The van der Waals surface area contributed by atoms with Crippen molar-refractivity contribution in [3.05, 3.63) is 51.0 Å². The summed E-state index contributed by atoms with van der Waals surface area (Å²) in [6, 6.07) is 8.38. The summed E-state index contributed by atoms with van der Waals surface area (Å²) >= 11 is 9.33. The number of anilines is 1. The van der Waals surface area contributed by atoms with Gasteiger partial charge in [-0.2, -0.15) is 0 Å². The van der Waals surface area contributed by atoms with Crippen LogP contribution in [0.2, 0.25) is 5.02 Å². The van der Waals surface area contributed by atoms with Crippen LogP contribution in [0, 0.1) is 6.92 Å². The molecule has 0 unspecified atom stereocenters. The predicted molar refractivity (Wildman–Crippen MR) is 96.4 cm³/mol. The first-order valence-electron chi connectivity index (χ1n) is 6.96. The number of carbonyl (C=O) groups is 2. The summed E-state index contributed by atoms with van der Waals surface area (Å²) in [6.07, 6.45) is 0.700. The van der Waals surface area contributed by atoms with Crippen molar-refractivity contribution in [2.24, 2.45) is 0 Å². The summed E-state index contributed by atoms with van der Waals surface area (Å²) < 4.78 is 11.2. The highest BCUT2D eigenvalue weighted by Crippen LogP contribution is 2.36. The molecule has 0 bridgehead atoms. The van der Waals surface area contributed by atoms with Gasteiger partial charge in [-0.1, -0.05) is 17.7 Å². The molecule has 0 saturated heterocycles. The molecule has 24 heavy (non-hydrogen) atoms. The molecule has 0 aliphatic heterocycles. The van der Waals surface area contributed by atoms with Crippen molar-refractivity contribution in [1.29, 1.82) is 0 Å². The zero-order chi connectivity index (χ0) is 17.7. The van der Waals surface area contributed by atoms with Crippen LogP contribution < -0.4 is 14.8 Å². The normalized spacial score (nSPS) is 10.2. The SMILES string of the molecule is COc1cc(C=O)cc(Br)c1OCC(=O)Nc1cccc(Cl)c1C. The van der Waals surface area contributed by atoms with Crippen LogP contribution in [-0.4, -0.2) is 25.9 Å². The van der Waals surface area contributed by atoms with Crippen LogP contribution in [0.15, 0.2) is 34.8 Å². The minimum atomic E-state index is -0.339. The third-order valence-corrected chi connectivity index (χ3v) is 4.28. The Labute approximate surface area is 153 Å². The molecule has 7 heteroatoms. The van der Waals surface area contributed by atoms with Gasteiger partial charge >= 0.3 is 0 Å². The zero-order valence-corrected chi connectivity index (χ0v) is 15.4. The van der Waals surface area contributed by atoms with Gasteiger partial charge in [0.1, 0.15) is 6.29 Å². The number of benzene rings is 2. The lowest BCUT2D eigenvalue weighted by molar-refractivity contribution is -0.118. The second kappa shape index (κ2) is 8.17. The average molecular weight is 413 g/mol. The van der Waals surface area contributed by atoms with E-state index in [-0.39, 0.29) is 12.5 Å². The number of carbonyl (C=O) groups excluding carboxylic acids is 2. The Morgan fingerprint density at radius 1 is 1.38 bits per heavy atom. The minimum Gasteiger partial charge on any atom is -0.493 e. The monoisotopic (exact) mass is 411 g/mol. The molecule has 126 valence electrons. The number of amides is 1. The van der Waals surface area contributed by atoms with E-state index in [1.165, 1.54) is 13.2 Å². The Morgan fingerprint density at radius 3 is 2.79 bits per heavy atom. The number of halogens is 2. The first-order valence-corrected chi connectivity index (χ1v) is 8.13. The molecule has 2 aromatic carbocycles. The third kappa shape index (κ3) is 4.27. The number of methoxy groups -OCH3 is 1. The van der Waals surface area contributed by atoms with Gasteiger partial charge in [0.2, 0.25) is 0 Å². The Hall–Kier alpha value is -2.05. The van der Waals surface area contributed by atoms with Gasteiger partial charge in [-0.3, -0.25) is 9.59 Å². The Morgan fingerprint density at radius 2 is 2.12 bits per heavy atom. The van der Waals surface area contributed by atoms with Crippen molar-refractivity contribution in [1.82, 2.24) is 0 Å². The van der Waals surface area contributed by atoms with Gasteiger partial charge in [0.05, 0.1) is 11.6 Å². The van der Waals surface area contributed by atoms with Crippen LogP contribution in [0.3, 0.4) is 0 Å². The second-order valence-electron chi connectivity index (χ2n) is 4.90. The molecular formula is C17H15BrClNO4. The maximum atomic E-state index is 12.1. The van der Waals surface area contributed by atoms with E-state index < -0.39 is 0 Å². The number of hydrogen-bond donors (Lipinski definition) is 1. The highest BCUT2D eigenvalue weighted by molar-refractivity contribution is 9.10. The molecule has 2 rings (SSSR count). The van der Waals surface area contributed by atoms with E-state index in [9.17, 15) is 9.59 Å². The molecule has 1 amide bonds. The first-order chi connectivity index (χ1) is 11.5. The fraction of sp³-hybridized carbons (Fsp3) is 0.176. The van der Waals surface area contributed by atoms with Crippen molar-refractivity contribution in [2.75, 3.05) is 19.0 Å². The number of hydrogen-bond acceptors (Lipinski definition) is 4. The lowest BCUT2D eigenvalue weighted by atomic mass is 10.2. The zero-order valence-electron chi connectivity index (χ0n) is 13.1. The summed E-state index contributed by atoms with van der Waals surface area (Å²) in [4.78, 5) is 23.0. The maximum absolute atomic E-state index is 12.1. The predicted octanol–water partition coefficient (Wildman–Crippen LogP) is 4.25. The van der Waals surface area contributed by atoms with E-state index in [0.717, 1.165) is 5.56 Å². The molecule has 1 N–H and O–H groups in total. The summed E-state index contributed by atoms with van der Waals surface area (Å²) in [5, 5.41) is 3.31. The molecule has 0 aliphatic rings. The van der Waals surface area contributed by atoms with Crippen molar-refractivity contribution in [3.63, 3.8) is 0 Å². The van der Waals surface area contributed by atoms with Crippen LogP contribution in [0.5, 0.6) is 11.5 Å². The molecule has 0 aromatic heterocycles. The molecular weight excluding hydrogens is 398 g/mol. The van der Waals surface area contributed by atoms with E-state index in [1.807, 2.05) is 6.92 Å². The Kier molecular flexibility index (Phi) is 6.23. The van der Waals surface area contributed by atoms with Crippen molar-refractivity contribution < 1.29 is 19.1 Å². The van der Waals surface area contributed by atoms with Crippen LogP contribution in [0.25, 0.3) is 0 Å². The van der Waals surface area contributed by atoms with Crippen LogP contribution in [-0.2, 0) is 4.79 Å². The standard InChI is InChI=1S/C17H15BrClNO4/c1-10-13(19)4-3-5-14(10)20-16(22)9-24-17-12(18)6-11(8-21)7-15(17)23-2/h3-8H,9H2,1-2H3,(H,20,22). The van der Waals surface area contributed by atoms with Crippen molar-refractivity contribution in [2.45, 2.75) is 6.92 Å². The molecule has 0 atom stereocenters. The first kappa shape index (κ1) is 18.3. The smallest absolute Gasteiger partial charge is 0.262 e. The van der Waals surface area contributed by atoms with Gasteiger partial charge in [0.15, 0.2) is 18.1 Å². The molecule has 0 heterocycles. The van der Waals surface area contributed by atoms with Gasteiger partial charge < -0.3 is 14.8 Å². The number of aldehydes is 1. The Bertz CT molecular complexity index is 779. The van der Waals surface area contributed by atoms with E-state index in [2.05, 4.69) is 21.2 Å². The molecule has 5 nitrogen and oxygen atoms in total. The van der Waals surface area contributed by atoms with Crippen LogP contribution in [0.1, 0.15) is 15.9 Å². The fourth-order valence-corrected chi connectivity index (χ4v) is 2.76. The molecule has 0 aliphatic carbocycles. The highest BCUT2D eigenvalue weighted by Gasteiger charge is 2.14. The average Bonchev–Trinajstić information content (AvgIpc) is 2.57. The summed E-state index contributed by atoms with van der Waals surface area (Å²) in [6.45, 7) is 1.60. The maximum Gasteiger partial charge on any atom is 0.262 e. The van der Waals surface area contributed by atoms with Gasteiger partial charge in [-0.25, -0.2) is 0 Å². The van der Waals surface area contributed by atoms with Crippen LogP contribution >= 0.6 is 27.5 Å². The second-order valence-corrected chi connectivity index (χ2v) is 6.16. The summed E-state index contributed by atoms with van der Waals surface area (Å²) in [5.74, 6) is 0.369. The largest absolute Gasteiger partial charge is 0.493 e. The summed E-state index contributed by atoms with van der Waals surface area (Å²) in [5.41, 5.74) is 1.84. The van der Waals surface area contributed by atoms with Gasteiger partial charge in [-0.05, 0) is 52.7 Å². The number of nitrogens with one attached hydrogen (secondary N) is 1. The van der Waals surface area contributed by atoms with Gasteiger partial charge in [0.25, 0.3) is 5.91 Å². The minimum absolute atomic E-state index is 0.221. The van der Waals surface area contributed by atoms with Crippen molar-refractivity contribution in [3.8, 4) is 11.5 Å². The van der Waals surface area contributed by atoms with E-state index in [1.54, 1.807) is 24.3 Å². The van der Waals surface area contributed by atoms with E-state index in [4.69, 9.17) is 21.1 Å². The van der Waals surface area contributed by atoms with E-state index in [0.29, 0.717) is 38.5 Å². The molecule has 0 saturated carbocycles. The number of ether oxygens (including phenoxy) is 2. The lowest BCUT2D eigenvalue weighted by Crippen LogP contribution is -2.21. The molecule has 0 spiro atoms. The van der Waals surface area contributed by atoms with Gasteiger partial charge in [0, 0.05) is 16.3 Å². The van der Waals surface area contributed by atoms with Crippen molar-refractivity contribution >= 4 is 45.4 Å². The third-order valence-electron chi connectivity index (χ3n) is 3.28. The highest BCUT2D eigenvalue weighted by atomic mass is 79.9. The lowest BCUT2D eigenvalue weighted by Gasteiger charge is -2.14. The van der Waals surface area contributed by atoms with Crippen LogP contribution in [0.4, 0.5) is 5.69 Å². The van der Waals surface area contributed by atoms with E-state index >= 15 is 0 Å². The Balaban J connectivity index is 2.09. The molecule has 2 aromatic rings. The molecule has 0 fully saturated rings. The number of rotatable bonds is 6. The fourth-order valence-electron chi connectivity index (χ4n) is 2.01.